The summed E-state index contributed by atoms with van der Waals surface area (Å²) in [5, 5.41) is 10.8. The van der Waals surface area contributed by atoms with Crippen LogP contribution in [0.4, 0.5) is 5.82 Å². The fraction of sp³-hybridized carbons (Fsp3) is 0.333. The molecule has 20 heavy (non-hydrogen) atoms. The van der Waals surface area contributed by atoms with Crippen LogP contribution in [0.3, 0.4) is 0 Å². The number of pyridine rings is 1. The van der Waals surface area contributed by atoms with Crippen molar-refractivity contribution >= 4 is 22.6 Å². The van der Waals surface area contributed by atoms with Gasteiger partial charge >= 0.3 is 5.97 Å². The number of aliphatic carboxylic acids is 1. The third-order valence-corrected chi connectivity index (χ3v) is 4.00. The van der Waals surface area contributed by atoms with Gasteiger partial charge in [-0.3, -0.25) is 4.79 Å². The molecule has 0 amide bonds. The Morgan fingerprint density at radius 1 is 1.40 bits per heavy atom. The summed E-state index contributed by atoms with van der Waals surface area (Å²) in [6, 6.07) is 8.59. The molecule has 2 N–H and O–H groups in total. The second kappa shape index (κ2) is 4.67. The third-order valence-electron chi connectivity index (χ3n) is 4.00. The van der Waals surface area contributed by atoms with E-state index in [0.29, 0.717) is 17.7 Å². The molecule has 0 radical (unpaired) electrons. The summed E-state index contributed by atoms with van der Waals surface area (Å²) in [7, 11) is 0. The lowest BCUT2D eigenvalue weighted by Gasteiger charge is -2.25. The number of carbonyl (C=O) groups is 1. The smallest absolute Gasteiger partial charge is 0.326 e. The fourth-order valence-electron chi connectivity index (χ4n) is 2.95. The lowest BCUT2D eigenvalue weighted by atomic mass is 10.0. The van der Waals surface area contributed by atoms with Gasteiger partial charge in [-0.2, -0.15) is 0 Å². The van der Waals surface area contributed by atoms with E-state index in [1.54, 1.807) is 11.0 Å². The van der Waals surface area contributed by atoms with Crippen molar-refractivity contribution < 1.29 is 9.90 Å². The van der Waals surface area contributed by atoms with Crippen LogP contribution in [0.1, 0.15) is 13.3 Å². The van der Waals surface area contributed by atoms with Gasteiger partial charge in [0.05, 0.1) is 0 Å². The largest absolute Gasteiger partial charge is 0.480 e. The molecule has 0 saturated carbocycles. The molecule has 2 aromatic rings. The highest BCUT2D eigenvalue weighted by Crippen LogP contribution is 2.29. The Kier molecular flexibility index (Phi) is 2.97. The number of aromatic amines is 1. The number of hydrogen-bond donors (Lipinski definition) is 2. The number of benzene rings is 1. The van der Waals surface area contributed by atoms with Crippen molar-refractivity contribution in [1.29, 1.82) is 0 Å². The molecular weight excluding hydrogens is 256 g/mol. The molecule has 2 heterocycles. The van der Waals surface area contributed by atoms with Crippen molar-refractivity contribution in [2.45, 2.75) is 19.4 Å². The summed E-state index contributed by atoms with van der Waals surface area (Å²) < 4.78 is 0. The number of anilines is 1. The van der Waals surface area contributed by atoms with Gasteiger partial charge in [0.15, 0.2) is 0 Å². The molecule has 1 aliphatic heterocycles. The van der Waals surface area contributed by atoms with Crippen LogP contribution in [0.15, 0.2) is 35.1 Å². The summed E-state index contributed by atoms with van der Waals surface area (Å²) in [5.41, 5.74) is -0.179. The van der Waals surface area contributed by atoms with E-state index >= 15 is 0 Å². The Hall–Kier alpha value is -2.30. The Labute approximate surface area is 115 Å². The van der Waals surface area contributed by atoms with E-state index in [1.807, 2.05) is 31.2 Å². The minimum absolute atomic E-state index is 0.0717. The van der Waals surface area contributed by atoms with Gasteiger partial charge in [-0.15, -0.1) is 0 Å². The zero-order chi connectivity index (χ0) is 14.3. The SMILES string of the molecule is CC1CCN(c2cc3ccccc3c(=O)[nH]2)C1C(=O)O. The number of nitrogens with one attached hydrogen (secondary N) is 1. The van der Waals surface area contributed by atoms with Crippen molar-refractivity contribution in [2.24, 2.45) is 5.92 Å². The molecule has 2 atom stereocenters. The number of aromatic nitrogens is 1. The maximum absolute atomic E-state index is 12.1. The first-order chi connectivity index (χ1) is 9.58. The molecule has 0 spiro atoms. The number of H-pyrrole nitrogens is 1. The van der Waals surface area contributed by atoms with Gasteiger partial charge in [-0.1, -0.05) is 25.1 Å². The van der Waals surface area contributed by atoms with E-state index < -0.39 is 12.0 Å². The van der Waals surface area contributed by atoms with E-state index in [2.05, 4.69) is 4.98 Å². The van der Waals surface area contributed by atoms with Crippen LogP contribution in [-0.4, -0.2) is 28.6 Å². The third kappa shape index (κ3) is 1.95. The summed E-state index contributed by atoms with van der Waals surface area (Å²) in [6.45, 7) is 2.57. The monoisotopic (exact) mass is 272 g/mol. The number of nitrogens with zero attached hydrogens (tertiary/aromatic N) is 1. The average molecular weight is 272 g/mol. The van der Waals surface area contributed by atoms with Gasteiger partial charge in [-0.25, -0.2) is 4.79 Å². The maximum atomic E-state index is 12.1. The molecule has 2 unspecified atom stereocenters. The molecule has 3 rings (SSSR count). The molecule has 1 aromatic carbocycles. The zero-order valence-electron chi connectivity index (χ0n) is 11.2. The Morgan fingerprint density at radius 2 is 2.15 bits per heavy atom. The fourth-order valence-corrected chi connectivity index (χ4v) is 2.95. The van der Waals surface area contributed by atoms with Crippen LogP contribution in [-0.2, 0) is 4.79 Å². The lowest BCUT2D eigenvalue weighted by Crippen LogP contribution is -2.40. The van der Waals surface area contributed by atoms with Crippen LogP contribution < -0.4 is 10.5 Å². The number of rotatable bonds is 2. The van der Waals surface area contributed by atoms with Crippen molar-refractivity contribution in [1.82, 2.24) is 4.98 Å². The highest BCUT2D eigenvalue weighted by Gasteiger charge is 2.37. The molecule has 1 saturated heterocycles. The molecule has 0 aliphatic carbocycles. The average Bonchev–Trinajstić information content (AvgIpc) is 2.81. The second-order valence-corrected chi connectivity index (χ2v) is 5.31. The Bertz CT molecular complexity index is 722. The van der Waals surface area contributed by atoms with Crippen molar-refractivity contribution in [2.75, 3.05) is 11.4 Å². The van der Waals surface area contributed by atoms with Gasteiger partial charge in [-0.05, 0) is 29.9 Å². The first-order valence-corrected chi connectivity index (χ1v) is 6.69. The second-order valence-electron chi connectivity index (χ2n) is 5.31. The predicted octanol–water partition coefficient (Wildman–Crippen LogP) is 1.83. The molecule has 1 aliphatic rings. The zero-order valence-corrected chi connectivity index (χ0v) is 11.2. The van der Waals surface area contributed by atoms with Gasteiger partial charge in [0.25, 0.3) is 5.56 Å². The van der Waals surface area contributed by atoms with Gasteiger partial charge < -0.3 is 15.0 Å². The van der Waals surface area contributed by atoms with Crippen LogP contribution in [0.2, 0.25) is 0 Å². The number of carboxylic acid groups (broad SMARTS) is 1. The van der Waals surface area contributed by atoms with Gasteiger partial charge in [0, 0.05) is 11.9 Å². The quantitative estimate of drug-likeness (QED) is 0.874. The van der Waals surface area contributed by atoms with Crippen LogP contribution >= 0.6 is 0 Å². The normalized spacial score (nSPS) is 22.4. The molecular formula is C15H16N2O3. The highest BCUT2D eigenvalue weighted by molar-refractivity contribution is 5.85. The summed E-state index contributed by atoms with van der Waals surface area (Å²) in [6.07, 6.45) is 0.811. The van der Waals surface area contributed by atoms with E-state index in [0.717, 1.165) is 11.8 Å². The van der Waals surface area contributed by atoms with E-state index in [4.69, 9.17) is 0 Å². The van der Waals surface area contributed by atoms with Crippen molar-refractivity contribution in [3.05, 3.63) is 40.7 Å². The minimum Gasteiger partial charge on any atom is -0.480 e. The van der Waals surface area contributed by atoms with Gasteiger partial charge in [0.2, 0.25) is 0 Å². The molecule has 5 nitrogen and oxygen atoms in total. The highest BCUT2D eigenvalue weighted by atomic mass is 16.4. The minimum atomic E-state index is -0.844. The number of hydrogen-bond acceptors (Lipinski definition) is 3. The first kappa shape index (κ1) is 12.7. The van der Waals surface area contributed by atoms with Crippen molar-refractivity contribution in [3.8, 4) is 0 Å². The van der Waals surface area contributed by atoms with E-state index in [1.165, 1.54) is 0 Å². The summed E-state index contributed by atoms with van der Waals surface area (Å²) in [4.78, 5) is 28.1. The Morgan fingerprint density at radius 3 is 2.90 bits per heavy atom. The number of carboxylic acids is 1. The molecule has 1 fully saturated rings. The number of fused-ring (bicyclic) bond motifs is 1. The summed E-state index contributed by atoms with van der Waals surface area (Å²) in [5.74, 6) is -0.183. The van der Waals surface area contributed by atoms with E-state index in [-0.39, 0.29) is 11.5 Å². The molecule has 5 heteroatoms. The lowest BCUT2D eigenvalue weighted by molar-refractivity contribution is -0.139. The summed E-state index contributed by atoms with van der Waals surface area (Å²) >= 11 is 0. The maximum Gasteiger partial charge on any atom is 0.326 e. The van der Waals surface area contributed by atoms with E-state index in [9.17, 15) is 14.7 Å². The van der Waals surface area contributed by atoms with Crippen LogP contribution in [0, 0.1) is 5.92 Å². The standard InChI is InChI=1S/C15H16N2O3/c1-9-6-7-17(13(9)15(19)20)12-8-10-4-2-3-5-11(10)14(18)16-12/h2-5,8-9,13H,6-7H2,1H3,(H,16,18)(H,19,20). The first-order valence-electron chi connectivity index (χ1n) is 6.69. The topological polar surface area (TPSA) is 73.4 Å². The van der Waals surface area contributed by atoms with Crippen molar-refractivity contribution in [3.63, 3.8) is 0 Å². The van der Waals surface area contributed by atoms with Crippen LogP contribution in [0.25, 0.3) is 10.8 Å². The molecule has 1 aromatic heterocycles. The van der Waals surface area contributed by atoms with Gasteiger partial charge in [0.1, 0.15) is 11.9 Å². The van der Waals surface area contributed by atoms with Crippen LogP contribution in [0.5, 0.6) is 0 Å². The predicted molar refractivity (Wildman–Crippen MR) is 77.1 cm³/mol. The molecule has 0 bridgehead atoms. The molecule has 104 valence electrons. The Balaban J connectivity index is 2.11.